The maximum atomic E-state index is 12.1. The summed E-state index contributed by atoms with van der Waals surface area (Å²) in [4.78, 5) is 1.62. The van der Waals surface area contributed by atoms with E-state index >= 15 is 0 Å². The zero-order chi connectivity index (χ0) is 15.0. The summed E-state index contributed by atoms with van der Waals surface area (Å²) in [6, 6.07) is 11.4. The normalized spacial score (nSPS) is 21.7. The predicted molar refractivity (Wildman–Crippen MR) is 86.7 cm³/mol. The monoisotopic (exact) mass is 341 g/mol. The Labute approximate surface area is 133 Å². The van der Waals surface area contributed by atoms with Gasteiger partial charge in [-0.05, 0) is 37.1 Å². The van der Waals surface area contributed by atoms with E-state index in [0.717, 1.165) is 14.8 Å². The predicted octanol–water partition coefficient (Wildman–Crippen LogP) is 3.97. The number of sulfone groups is 1. The van der Waals surface area contributed by atoms with E-state index in [0.29, 0.717) is 11.3 Å². The van der Waals surface area contributed by atoms with Crippen LogP contribution in [0.1, 0.15) is 35.9 Å². The maximum Gasteiger partial charge on any atom is 0.178 e. The Bertz CT molecular complexity index is 755. The summed E-state index contributed by atoms with van der Waals surface area (Å²) >= 11 is 7.53. The van der Waals surface area contributed by atoms with Gasteiger partial charge in [-0.2, -0.15) is 0 Å². The quantitative estimate of drug-likeness (QED) is 0.918. The van der Waals surface area contributed by atoms with Gasteiger partial charge in [-0.15, -0.1) is 11.3 Å². The van der Waals surface area contributed by atoms with Crippen molar-refractivity contribution < 1.29 is 8.42 Å². The Morgan fingerprint density at radius 3 is 2.76 bits per heavy atom. The largest absolute Gasteiger partial charge is 0.303 e. The summed E-state index contributed by atoms with van der Waals surface area (Å²) in [5, 5.41) is 3.53. The molecule has 1 aliphatic rings. The number of halogens is 1. The van der Waals surface area contributed by atoms with Crippen LogP contribution in [0.5, 0.6) is 0 Å². The van der Waals surface area contributed by atoms with Gasteiger partial charge in [0, 0.05) is 17.0 Å². The molecule has 1 aliphatic heterocycles. The van der Waals surface area contributed by atoms with E-state index in [9.17, 15) is 8.42 Å². The van der Waals surface area contributed by atoms with E-state index in [1.165, 1.54) is 0 Å². The minimum Gasteiger partial charge on any atom is -0.303 e. The first kappa shape index (κ1) is 15.0. The highest BCUT2D eigenvalue weighted by Crippen LogP contribution is 2.35. The van der Waals surface area contributed by atoms with Crippen molar-refractivity contribution in [1.29, 1.82) is 0 Å². The molecule has 1 aromatic heterocycles. The molecule has 0 radical (unpaired) electrons. The van der Waals surface area contributed by atoms with Crippen molar-refractivity contribution in [3.63, 3.8) is 0 Å². The van der Waals surface area contributed by atoms with E-state index in [2.05, 4.69) is 12.2 Å². The minimum atomic E-state index is -3.13. The molecule has 0 saturated heterocycles. The lowest BCUT2D eigenvalue weighted by molar-refractivity contribution is 0.445. The molecular formula is C15H16ClNO2S2. The summed E-state index contributed by atoms with van der Waals surface area (Å²) in [6.45, 7) is 2.08. The highest BCUT2D eigenvalue weighted by molar-refractivity contribution is 7.91. The molecular weight excluding hydrogens is 326 g/mol. The molecule has 0 aliphatic carbocycles. The first-order valence-corrected chi connectivity index (χ1v) is 9.65. The van der Waals surface area contributed by atoms with Crippen LogP contribution in [0, 0.1) is 0 Å². The van der Waals surface area contributed by atoms with Gasteiger partial charge in [-0.3, -0.25) is 0 Å². The van der Waals surface area contributed by atoms with Gasteiger partial charge in [-0.1, -0.05) is 29.8 Å². The highest BCUT2D eigenvalue weighted by Gasteiger charge is 2.30. The molecule has 1 aromatic carbocycles. The topological polar surface area (TPSA) is 46.2 Å². The third kappa shape index (κ3) is 3.01. The number of nitrogens with one attached hydrogen (secondary N) is 1. The molecule has 1 N–H and O–H groups in total. The second-order valence-electron chi connectivity index (χ2n) is 5.23. The van der Waals surface area contributed by atoms with Gasteiger partial charge in [-0.25, -0.2) is 8.42 Å². The third-order valence-electron chi connectivity index (χ3n) is 3.78. The SMILES string of the molecule is CC(NC1CCS(=O)(=O)c2ccccc21)c1ccc(Cl)s1. The van der Waals surface area contributed by atoms with Crippen molar-refractivity contribution >= 4 is 32.8 Å². The first-order chi connectivity index (χ1) is 9.97. The van der Waals surface area contributed by atoms with Crippen LogP contribution in [0.3, 0.4) is 0 Å². The van der Waals surface area contributed by atoms with Crippen LogP contribution in [0.15, 0.2) is 41.3 Å². The zero-order valence-corrected chi connectivity index (χ0v) is 13.9. The highest BCUT2D eigenvalue weighted by atomic mass is 35.5. The van der Waals surface area contributed by atoms with Crippen LogP contribution in [0.2, 0.25) is 4.34 Å². The van der Waals surface area contributed by atoms with Crippen LogP contribution >= 0.6 is 22.9 Å². The molecule has 2 unspecified atom stereocenters. The smallest absolute Gasteiger partial charge is 0.178 e. The summed E-state index contributed by atoms with van der Waals surface area (Å²) in [5.41, 5.74) is 0.873. The molecule has 0 amide bonds. The van der Waals surface area contributed by atoms with E-state index in [4.69, 9.17) is 11.6 Å². The molecule has 2 aromatic rings. The lowest BCUT2D eigenvalue weighted by Gasteiger charge is -2.28. The van der Waals surface area contributed by atoms with Crippen LogP contribution in [-0.2, 0) is 9.84 Å². The second kappa shape index (κ2) is 5.72. The van der Waals surface area contributed by atoms with E-state index < -0.39 is 9.84 Å². The van der Waals surface area contributed by atoms with Crippen LogP contribution < -0.4 is 5.32 Å². The average molecular weight is 342 g/mol. The Balaban J connectivity index is 1.87. The third-order valence-corrected chi connectivity index (χ3v) is 7.01. The van der Waals surface area contributed by atoms with Crippen molar-refractivity contribution in [2.75, 3.05) is 5.75 Å². The molecule has 3 rings (SSSR count). The van der Waals surface area contributed by atoms with Gasteiger partial charge in [0.25, 0.3) is 0 Å². The van der Waals surface area contributed by atoms with E-state index in [-0.39, 0.29) is 17.8 Å². The lowest BCUT2D eigenvalue weighted by atomic mass is 10.0. The van der Waals surface area contributed by atoms with Crippen LogP contribution in [0.25, 0.3) is 0 Å². The molecule has 6 heteroatoms. The fourth-order valence-corrected chi connectivity index (χ4v) is 5.40. The average Bonchev–Trinajstić information content (AvgIpc) is 2.89. The number of hydrogen-bond donors (Lipinski definition) is 1. The fraction of sp³-hybridized carbons (Fsp3) is 0.333. The maximum absolute atomic E-state index is 12.1. The zero-order valence-electron chi connectivity index (χ0n) is 11.5. The number of fused-ring (bicyclic) bond motifs is 1. The molecule has 0 fully saturated rings. The molecule has 3 nitrogen and oxygen atoms in total. The second-order valence-corrected chi connectivity index (χ2v) is 9.05. The van der Waals surface area contributed by atoms with Gasteiger partial charge in [0.2, 0.25) is 0 Å². The Morgan fingerprint density at radius 1 is 1.29 bits per heavy atom. The first-order valence-electron chi connectivity index (χ1n) is 6.80. The standard InChI is InChI=1S/C15H16ClNO2S2/c1-10(13-6-7-15(16)20-13)17-12-8-9-21(18,19)14-5-3-2-4-11(12)14/h2-7,10,12,17H,8-9H2,1H3. The summed E-state index contributed by atoms with van der Waals surface area (Å²) in [6.07, 6.45) is 0.600. The van der Waals surface area contributed by atoms with Crippen molar-refractivity contribution in [3.8, 4) is 0 Å². The van der Waals surface area contributed by atoms with Crippen molar-refractivity contribution in [2.24, 2.45) is 0 Å². The van der Waals surface area contributed by atoms with Gasteiger partial charge >= 0.3 is 0 Å². The van der Waals surface area contributed by atoms with Gasteiger partial charge in [0.15, 0.2) is 9.84 Å². The number of benzene rings is 1. The molecule has 0 saturated carbocycles. The summed E-state index contributed by atoms with van der Waals surface area (Å²) in [5.74, 6) is 0.194. The lowest BCUT2D eigenvalue weighted by Crippen LogP contribution is -2.31. The molecule has 0 bridgehead atoms. The van der Waals surface area contributed by atoms with Gasteiger partial charge in [0.05, 0.1) is 15.0 Å². The molecule has 2 heterocycles. The van der Waals surface area contributed by atoms with Crippen molar-refractivity contribution in [3.05, 3.63) is 51.2 Å². The number of rotatable bonds is 3. The van der Waals surface area contributed by atoms with Crippen molar-refractivity contribution in [1.82, 2.24) is 5.32 Å². The number of thiophene rings is 1. The fourth-order valence-electron chi connectivity index (χ4n) is 2.71. The van der Waals surface area contributed by atoms with E-state index in [1.807, 2.05) is 24.3 Å². The molecule has 2 atom stereocenters. The molecule has 21 heavy (non-hydrogen) atoms. The Hall–Kier alpha value is -0.880. The molecule has 112 valence electrons. The van der Waals surface area contributed by atoms with Crippen LogP contribution in [0.4, 0.5) is 0 Å². The molecule has 0 spiro atoms. The Kier molecular flexibility index (Phi) is 4.10. The number of hydrogen-bond acceptors (Lipinski definition) is 4. The minimum absolute atomic E-state index is 0.0561. The van der Waals surface area contributed by atoms with Gasteiger partial charge in [0.1, 0.15) is 0 Å². The summed E-state index contributed by atoms with van der Waals surface area (Å²) < 4.78 is 25.0. The van der Waals surface area contributed by atoms with Crippen molar-refractivity contribution in [2.45, 2.75) is 30.3 Å². The van der Waals surface area contributed by atoms with E-state index in [1.54, 1.807) is 23.5 Å². The van der Waals surface area contributed by atoms with Crippen LogP contribution in [-0.4, -0.2) is 14.2 Å². The summed E-state index contributed by atoms with van der Waals surface area (Å²) in [7, 11) is -3.13. The Morgan fingerprint density at radius 2 is 2.05 bits per heavy atom. The van der Waals surface area contributed by atoms with Gasteiger partial charge < -0.3 is 5.32 Å².